The van der Waals surface area contributed by atoms with Gasteiger partial charge in [0.1, 0.15) is 11.6 Å². The number of pyridine rings is 1. The minimum Gasteiger partial charge on any atom is -0.383 e. The quantitative estimate of drug-likeness (QED) is 0.622. The van der Waals surface area contributed by atoms with Crippen molar-refractivity contribution in [2.45, 2.75) is 25.2 Å². The van der Waals surface area contributed by atoms with Crippen molar-refractivity contribution in [2.24, 2.45) is 0 Å². The van der Waals surface area contributed by atoms with E-state index in [4.69, 9.17) is 0 Å². The summed E-state index contributed by atoms with van der Waals surface area (Å²) in [5, 5.41) is 3.15. The van der Waals surface area contributed by atoms with Gasteiger partial charge >= 0.3 is 0 Å². The Labute approximate surface area is 164 Å². The van der Waals surface area contributed by atoms with Crippen molar-refractivity contribution in [3.05, 3.63) is 83.3 Å². The van der Waals surface area contributed by atoms with E-state index in [0.717, 1.165) is 11.3 Å². The van der Waals surface area contributed by atoms with Gasteiger partial charge in [-0.05, 0) is 61.2 Å². The Morgan fingerprint density at radius 3 is 2.54 bits per heavy atom. The summed E-state index contributed by atoms with van der Waals surface area (Å²) in [5.74, 6) is 0.0131. The van der Waals surface area contributed by atoms with Crippen molar-refractivity contribution < 1.29 is 12.8 Å². The molecule has 0 aliphatic carbocycles. The molecule has 0 unspecified atom stereocenters. The lowest BCUT2D eigenvalue weighted by molar-refractivity contribution is 0.600. The fraction of sp³-hybridized carbons (Fsp3) is 0.190. The summed E-state index contributed by atoms with van der Waals surface area (Å²) in [6, 6.07) is 15.3. The van der Waals surface area contributed by atoms with Crippen LogP contribution in [0, 0.1) is 19.7 Å². The maximum Gasteiger partial charge on any atom is 0.263 e. The monoisotopic (exact) mass is 399 g/mol. The second kappa shape index (κ2) is 8.39. The molecule has 0 spiro atoms. The number of rotatable bonds is 7. The first-order valence-corrected chi connectivity index (χ1v) is 10.4. The molecule has 0 aliphatic heterocycles. The number of aryl methyl sites for hydroxylation is 2. The Morgan fingerprint density at radius 1 is 1.04 bits per heavy atom. The summed E-state index contributed by atoms with van der Waals surface area (Å²) in [6.07, 6.45) is 2.08. The van der Waals surface area contributed by atoms with E-state index in [2.05, 4.69) is 15.0 Å². The first kappa shape index (κ1) is 19.8. The number of nitrogens with one attached hydrogen (secondary N) is 2. The van der Waals surface area contributed by atoms with Crippen molar-refractivity contribution in [1.29, 1.82) is 0 Å². The molecule has 1 heterocycles. The number of benzene rings is 2. The standard InChI is InChI=1S/C21H22FN3O2S/c1-15-7-8-16(2)20(13-15)28(26,27)25-21-10-9-18(14-24-21)23-12-11-17-5-3-4-6-19(17)22/h3-10,13-14,23H,11-12H2,1-2H3,(H,24,25). The van der Waals surface area contributed by atoms with Crippen LogP contribution in [0.15, 0.2) is 65.7 Å². The van der Waals surface area contributed by atoms with Gasteiger partial charge in [0, 0.05) is 6.54 Å². The van der Waals surface area contributed by atoms with Crippen LogP contribution < -0.4 is 10.0 Å². The maximum absolute atomic E-state index is 13.6. The molecule has 0 saturated carbocycles. The average molecular weight is 399 g/mol. The van der Waals surface area contributed by atoms with E-state index in [1.165, 1.54) is 6.07 Å². The van der Waals surface area contributed by atoms with Crippen LogP contribution >= 0.6 is 0 Å². The van der Waals surface area contributed by atoms with Gasteiger partial charge in [-0.1, -0.05) is 30.3 Å². The van der Waals surface area contributed by atoms with E-state index in [0.29, 0.717) is 24.1 Å². The molecule has 2 aromatic carbocycles. The molecule has 0 fully saturated rings. The lowest BCUT2D eigenvalue weighted by atomic mass is 10.1. The highest BCUT2D eigenvalue weighted by Crippen LogP contribution is 2.20. The Morgan fingerprint density at radius 2 is 1.82 bits per heavy atom. The zero-order valence-electron chi connectivity index (χ0n) is 15.7. The van der Waals surface area contributed by atoms with Crippen LogP contribution in [-0.2, 0) is 16.4 Å². The molecule has 3 aromatic rings. The Balaban J connectivity index is 1.62. The molecule has 0 atom stereocenters. The first-order valence-electron chi connectivity index (χ1n) is 8.88. The highest BCUT2D eigenvalue weighted by atomic mass is 32.2. The van der Waals surface area contributed by atoms with Crippen molar-refractivity contribution in [3.8, 4) is 0 Å². The lowest BCUT2D eigenvalue weighted by Gasteiger charge is -2.11. The van der Waals surface area contributed by atoms with Gasteiger partial charge in [0.05, 0.1) is 16.8 Å². The molecule has 1 aromatic heterocycles. The van der Waals surface area contributed by atoms with Crippen LogP contribution in [0.3, 0.4) is 0 Å². The molecule has 0 bridgehead atoms. The normalized spacial score (nSPS) is 11.2. The molecule has 5 nitrogen and oxygen atoms in total. The van der Waals surface area contributed by atoms with E-state index in [1.54, 1.807) is 55.6 Å². The molecule has 28 heavy (non-hydrogen) atoms. The Hall–Kier alpha value is -2.93. The largest absolute Gasteiger partial charge is 0.383 e. The van der Waals surface area contributed by atoms with E-state index in [1.807, 2.05) is 13.0 Å². The third kappa shape index (κ3) is 4.86. The molecule has 0 saturated heterocycles. The summed E-state index contributed by atoms with van der Waals surface area (Å²) >= 11 is 0. The van der Waals surface area contributed by atoms with Crippen molar-refractivity contribution >= 4 is 21.5 Å². The zero-order valence-corrected chi connectivity index (χ0v) is 16.6. The smallest absolute Gasteiger partial charge is 0.263 e. The summed E-state index contributed by atoms with van der Waals surface area (Å²) in [6.45, 7) is 4.14. The number of halogens is 1. The number of hydrogen-bond acceptors (Lipinski definition) is 4. The summed E-state index contributed by atoms with van der Waals surface area (Å²) in [7, 11) is -3.71. The third-order valence-corrected chi connectivity index (χ3v) is 5.81. The highest BCUT2D eigenvalue weighted by Gasteiger charge is 2.17. The predicted molar refractivity (Wildman–Crippen MR) is 110 cm³/mol. The van der Waals surface area contributed by atoms with Gasteiger partial charge in [0.2, 0.25) is 0 Å². The highest BCUT2D eigenvalue weighted by molar-refractivity contribution is 7.92. The van der Waals surface area contributed by atoms with Crippen LogP contribution in [0.4, 0.5) is 15.9 Å². The van der Waals surface area contributed by atoms with E-state index < -0.39 is 10.0 Å². The summed E-state index contributed by atoms with van der Waals surface area (Å²) in [5.41, 5.74) is 2.91. The van der Waals surface area contributed by atoms with Crippen LogP contribution in [0.25, 0.3) is 0 Å². The van der Waals surface area contributed by atoms with Gasteiger partial charge in [-0.25, -0.2) is 17.8 Å². The van der Waals surface area contributed by atoms with Crippen LogP contribution in [-0.4, -0.2) is 19.9 Å². The van der Waals surface area contributed by atoms with Gasteiger partial charge in [0.15, 0.2) is 0 Å². The molecule has 0 aliphatic rings. The van der Waals surface area contributed by atoms with E-state index >= 15 is 0 Å². The van der Waals surface area contributed by atoms with Gasteiger partial charge in [0.25, 0.3) is 10.0 Å². The molecule has 0 amide bonds. The predicted octanol–water partition coefficient (Wildman–Crippen LogP) is 4.29. The number of aromatic nitrogens is 1. The van der Waals surface area contributed by atoms with Gasteiger partial charge in [-0.15, -0.1) is 0 Å². The minimum absolute atomic E-state index is 0.223. The van der Waals surface area contributed by atoms with Gasteiger partial charge < -0.3 is 5.32 Å². The van der Waals surface area contributed by atoms with Crippen LogP contribution in [0.1, 0.15) is 16.7 Å². The van der Waals surface area contributed by atoms with E-state index in [-0.39, 0.29) is 16.5 Å². The minimum atomic E-state index is -3.71. The van der Waals surface area contributed by atoms with Gasteiger partial charge in [-0.2, -0.15) is 0 Å². The fourth-order valence-electron chi connectivity index (χ4n) is 2.79. The summed E-state index contributed by atoms with van der Waals surface area (Å²) < 4.78 is 41.4. The Bertz CT molecular complexity index is 1070. The molecule has 0 radical (unpaired) electrons. The van der Waals surface area contributed by atoms with Crippen LogP contribution in [0.2, 0.25) is 0 Å². The maximum atomic E-state index is 13.6. The first-order chi connectivity index (χ1) is 13.3. The Kier molecular flexibility index (Phi) is 5.94. The fourth-order valence-corrected chi connectivity index (χ4v) is 4.13. The lowest BCUT2D eigenvalue weighted by Crippen LogP contribution is -2.15. The van der Waals surface area contributed by atoms with Crippen LogP contribution in [0.5, 0.6) is 0 Å². The third-order valence-electron chi connectivity index (χ3n) is 4.32. The molecule has 146 valence electrons. The van der Waals surface area contributed by atoms with Gasteiger partial charge in [-0.3, -0.25) is 4.72 Å². The van der Waals surface area contributed by atoms with Crippen molar-refractivity contribution in [1.82, 2.24) is 4.98 Å². The van der Waals surface area contributed by atoms with Crippen molar-refractivity contribution in [2.75, 3.05) is 16.6 Å². The number of nitrogens with zero attached hydrogens (tertiary/aromatic N) is 1. The molecular formula is C21H22FN3O2S. The second-order valence-corrected chi connectivity index (χ2v) is 8.23. The number of hydrogen-bond donors (Lipinski definition) is 2. The molecule has 3 rings (SSSR count). The number of sulfonamides is 1. The molecular weight excluding hydrogens is 377 g/mol. The topological polar surface area (TPSA) is 71.1 Å². The number of anilines is 2. The second-order valence-electron chi connectivity index (χ2n) is 6.57. The zero-order chi connectivity index (χ0) is 20.1. The van der Waals surface area contributed by atoms with E-state index in [9.17, 15) is 12.8 Å². The SMILES string of the molecule is Cc1ccc(C)c(S(=O)(=O)Nc2ccc(NCCc3ccccc3F)cn2)c1. The average Bonchev–Trinajstić information content (AvgIpc) is 2.66. The molecule has 7 heteroatoms. The summed E-state index contributed by atoms with van der Waals surface area (Å²) in [4.78, 5) is 4.40. The molecule has 2 N–H and O–H groups in total. The van der Waals surface area contributed by atoms with Crippen molar-refractivity contribution in [3.63, 3.8) is 0 Å².